The molecule has 0 saturated carbocycles. The second kappa shape index (κ2) is 6.60. The summed E-state index contributed by atoms with van der Waals surface area (Å²) in [5.41, 5.74) is 0.276. The molecule has 0 unspecified atom stereocenters. The molecule has 6 heteroatoms. The number of benzene rings is 1. The standard InChI is InChI=1S/C16H21N3O3/c1-16(2)14(21)19(15(22)18-16)11-13(20)17-10-6-9-12-7-4-3-5-8-12/h3-5,7-8H,6,9-11H2,1-2H3,(H,17,20)(H,18,22). The van der Waals surface area contributed by atoms with Crippen LogP contribution in [0.4, 0.5) is 4.79 Å². The molecule has 0 radical (unpaired) electrons. The average Bonchev–Trinajstić information content (AvgIpc) is 2.67. The third-order valence-electron chi connectivity index (χ3n) is 3.55. The van der Waals surface area contributed by atoms with Gasteiger partial charge in [0, 0.05) is 6.54 Å². The second-order valence-electron chi connectivity index (χ2n) is 5.89. The van der Waals surface area contributed by atoms with Gasteiger partial charge in [0.1, 0.15) is 12.1 Å². The Bertz CT molecular complexity index is 569. The number of carbonyl (C=O) groups is 3. The fraction of sp³-hybridized carbons (Fsp3) is 0.438. The van der Waals surface area contributed by atoms with Crippen molar-refractivity contribution in [3.8, 4) is 0 Å². The number of amides is 4. The molecule has 1 aromatic carbocycles. The molecule has 4 amide bonds. The lowest BCUT2D eigenvalue weighted by Crippen LogP contribution is -2.43. The largest absolute Gasteiger partial charge is 0.355 e. The lowest BCUT2D eigenvalue weighted by atomic mass is 10.1. The van der Waals surface area contributed by atoms with Gasteiger partial charge in [-0.1, -0.05) is 30.3 Å². The van der Waals surface area contributed by atoms with Crippen LogP contribution in [0.2, 0.25) is 0 Å². The number of urea groups is 1. The fourth-order valence-corrected chi connectivity index (χ4v) is 2.33. The van der Waals surface area contributed by atoms with Crippen molar-refractivity contribution in [3.63, 3.8) is 0 Å². The number of hydrogen-bond donors (Lipinski definition) is 2. The van der Waals surface area contributed by atoms with Crippen LogP contribution in [0.3, 0.4) is 0 Å². The number of rotatable bonds is 6. The first-order chi connectivity index (χ1) is 10.4. The van der Waals surface area contributed by atoms with Crippen molar-refractivity contribution in [3.05, 3.63) is 35.9 Å². The number of imide groups is 1. The van der Waals surface area contributed by atoms with E-state index in [2.05, 4.69) is 10.6 Å². The Morgan fingerprint density at radius 1 is 1.23 bits per heavy atom. The molecule has 0 bridgehead atoms. The molecule has 1 aromatic rings. The highest BCUT2D eigenvalue weighted by molar-refractivity contribution is 6.08. The second-order valence-corrected chi connectivity index (χ2v) is 5.89. The van der Waals surface area contributed by atoms with E-state index >= 15 is 0 Å². The normalized spacial score (nSPS) is 16.5. The zero-order valence-electron chi connectivity index (χ0n) is 12.9. The predicted molar refractivity (Wildman–Crippen MR) is 82.1 cm³/mol. The van der Waals surface area contributed by atoms with E-state index in [9.17, 15) is 14.4 Å². The predicted octanol–water partition coefficient (Wildman–Crippen LogP) is 1.07. The zero-order valence-corrected chi connectivity index (χ0v) is 12.9. The van der Waals surface area contributed by atoms with Crippen molar-refractivity contribution in [1.82, 2.24) is 15.5 Å². The first kappa shape index (κ1) is 16.0. The van der Waals surface area contributed by atoms with Gasteiger partial charge in [-0.15, -0.1) is 0 Å². The third-order valence-corrected chi connectivity index (χ3v) is 3.55. The molecular formula is C16H21N3O3. The van der Waals surface area contributed by atoms with Crippen molar-refractivity contribution < 1.29 is 14.4 Å². The van der Waals surface area contributed by atoms with Crippen LogP contribution >= 0.6 is 0 Å². The summed E-state index contributed by atoms with van der Waals surface area (Å²) >= 11 is 0. The van der Waals surface area contributed by atoms with Crippen LogP contribution in [0, 0.1) is 0 Å². The molecule has 2 N–H and O–H groups in total. The van der Waals surface area contributed by atoms with E-state index in [0.29, 0.717) is 6.54 Å². The highest BCUT2D eigenvalue weighted by Gasteiger charge is 2.44. The van der Waals surface area contributed by atoms with E-state index in [1.165, 1.54) is 5.56 Å². The van der Waals surface area contributed by atoms with Crippen LogP contribution in [0.25, 0.3) is 0 Å². The van der Waals surface area contributed by atoms with E-state index in [-0.39, 0.29) is 18.4 Å². The molecule has 1 aliphatic rings. The van der Waals surface area contributed by atoms with Crippen molar-refractivity contribution in [2.24, 2.45) is 0 Å². The number of hydrogen-bond acceptors (Lipinski definition) is 3. The maximum Gasteiger partial charge on any atom is 0.325 e. The van der Waals surface area contributed by atoms with Crippen LogP contribution in [0.15, 0.2) is 30.3 Å². The molecule has 6 nitrogen and oxygen atoms in total. The first-order valence-electron chi connectivity index (χ1n) is 7.35. The zero-order chi connectivity index (χ0) is 16.2. The molecule has 2 rings (SSSR count). The van der Waals surface area contributed by atoms with E-state index < -0.39 is 11.6 Å². The summed E-state index contributed by atoms with van der Waals surface area (Å²) in [5.74, 6) is -0.703. The highest BCUT2D eigenvalue weighted by atomic mass is 16.2. The number of nitrogens with zero attached hydrogens (tertiary/aromatic N) is 1. The summed E-state index contributed by atoms with van der Waals surface area (Å²) < 4.78 is 0. The van der Waals surface area contributed by atoms with Gasteiger partial charge >= 0.3 is 6.03 Å². The Balaban J connectivity index is 1.72. The Kier molecular flexibility index (Phi) is 4.80. The quantitative estimate of drug-likeness (QED) is 0.609. The maximum absolute atomic E-state index is 12.0. The van der Waals surface area contributed by atoms with Gasteiger partial charge < -0.3 is 10.6 Å². The van der Waals surface area contributed by atoms with Gasteiger partial charge in [-0.05, 0) is 32.3 Å². The van der Waals surface area contributed by atoms with Gasteiger partial charge in [-0.25, -0.2) is 4.79 Å². The minimum absolute atomic E-state index is 0.237. The Hall–Kier alpha value is -2.37. The molecule has 0 atom stereocenters. The van der Waals surface area contributed by atoms with Crippen molar-refractivity contribution in [1.29, 1.82) is 0 Å². The molecule has 1 fully saturated rings. The molecule has 0 spiro atoms. The van der Waals surface area contributed by atoms with Gasteiger partial charge in [0.2, 0.25) is 5.91 Å². The summed E-state index contributed by atoms with van der Waals surface area (Å²) in [7, 11) is 0. The number of aryl methyl sites for hydroxylation is 1. The molecule has 0 aromatic heterocycles. The molecular weight excluding hydrogens is 282 g/mol. The van der Waals surface area contributed by atoms with E-state index in [1.807, 2.05) is 30.3 Å². The summed E-state index contributed by atoms with van der Waals surface area (Å²) in [6.07, 6.45) is 1.68. The topological polar surface area (TPSA) is 78.5 Å². The first-order valence-corrected chi connectivity index (χ1v) is 7.35. The van der Waals surface area contributed by atoms with E-state index in [1.54, 1.807) is 13.8 Å². The molecule has 1 heterocycles. The van der Waals surface area contributed by atoms with Crippen LogP contribution < -0.4 is 10.6 Å². The van der Waals surface area contributed by atoms with E-state index in [4.69, 9.17) is 0 Å². The number of nitrogens with one attached hydrogen (secondary N) is 2. The molecule has 22 heavy (non-hydrogen) atoms. The van der Waals surface area contributed by atoms with Crippen LogP contribution in [0.5, 0.6) is 0 Å². The molecule has 1 aliphatic heterocycles. The minimum Gasteiger partial charge on any atom is -0.355 e. The fourth-order valence-electron chi connectivity index (χ4n) is 2.33. The number of carbonyl (C=O) groups excluding carboxylic acids is 3. The van der Waals surface area contributed by atoms with Gasteiger partial charge in [0.05, 0.1) is 0 Å². The van der Waals surface area contributed by atoms with Gasteiger partial charge in [0.25, 0.3) is 5.91 Å². The van der Waals surface area contributed by atoms with Crippen LogP contribution in [-0.2, 0) is 16.0 Å². The summed E-state index contributed by atoms with van der Waals surface area (Å²) in [5, 5.41) is 5.28. The highest BCUT2D eigenvalue weighted by Crippen LogP contribution is 2.15. The van der Waals surface area contributed by atoms with Crippen LogP contribution in [0.1, 0.15) is 25.8 Å². The van der Waals surface area contributed by atoms with Crippen LogP contribution in [-0.4, -0.2) is 41.4 Å². The maximum atomic E-state index is 12.0. The average molecular weight is 303 g/mol. The van der Waals surface area contributed by atoms with Crippen molar-refractivity contribution in [2.75, 3.05) is 13.1 Å². The van der Waals surface area contributed by atoms with Crippen molar-refractivity contribution >= 4 is 17.8 Å². The SMILES string of the molecule is CC1(C)NC(=O)N(CC(=O)NCCCc2ccccc2)C1=O. The van der Waals surface area contributed by atoms with Gasteiger partial charge in [0.15, 0.2) is 0 Å². The molecule has 118 valence electrons. The van der Waals surface area contributed by atoms with Crippen molar-refractivity contribution in [2.45, 2.75) is 32.2 Å². The Morgan fingerprint density at radius 2 is 1.91 bits per heavy atom. The Morgan fingerprint density at radius 3 is 2.50 bits per heavy atom. The summed E-state index contributed by atoms with van der Waals surface area (Å²) in [6, 6.07) is 9.48. The minimum atomic E-state index is -0.940. The lowest BCUT2D eigenvalue weighted by Gasteiger charge is -2.15. The van der Waals surface area contributed by atoms with Gasteiger partial charge in [-0.2, -0.15) is 0 Å². The summed E-state index contributed by atoms with van der Waals surface area (Å²) in [4.78, 5) is 36.4. The lowest BCUT2D eigenvalue weighted by molar-refractivity contribution is -0.134. The third kappa shape index (κ3) is 3.84. The van der Waals surface area contributed by atoms with Gasteiger partial charge in [-0.3, -0.25) is 14.5 Å². The monoisotopic (exact) mass is 303 g/mol. The Labute approximate surface area is 129 Å². The summed E-state index contributed by atoms with van der Waals surface area (Å²) in [6.45, 7) is 3.51. The molecule has 1 saturated heterocycles. The smallest absolute Gasteiger partial charge is 0.325 e. The molecule has 0 aliphatic carbocycles. The van der Waals surface area contributed by atoms with E-state index in [0.717, 1.165) is 17.7 Å².